The van der Waals surface area contributed by atoms with E-state index < -0.39 is 0 Å². The van der Waals surface area contributed by atoms with E-state index in [-0.39, 0.29) is 0 Å². The van der Waals surface area contributed by atoms with E-state index in [1.807, 2.05) is 6.20 Å². The van der Waals surface area contributed by atoms with Crippen LogP contribution in [-0.2, 0) is 0 Å². The lowest BCUT2D eigenvalue weighted by molar-refractivity contribution is 0.265. The van der Waals surface area contributed by atoms with Gasteiger partial charge in [0, 0.05) is 23.9 Å². The maximum absolute atomic E-state index is 4.09. The Balaban J connectivity index is 1.99. The number of rotatable bonds is 2. The lowest BCUT2D eigenvalue weighted by Gasteiger charge is -2.33. The van der Waals surface area contributed by atoms with Crippen molar-refractivity contribution >= 4 is 0 Å². The highest BCUT2D eigenvalue weighted by Crippen LogP contribution is 2.34. The second-order valence-corrected chi connectivity index (χ2v) is 4.39. The molecule has 3 atom stereocenters. The molecule has 1 saturated carbocycles. The number of nitrogens with zero attached hydrogens (tertiary/aromatic N) is 1. The quantitative estimate of drug-likeness (QED) is 0.753. The van der Waals surface area contributed by atoms with E-state index >= 15 is 0 Å². The van der Waals surface area contributed by atoms with E-state index in [2.05, 4.69) is 29.3 Å². The summed E-state index contributed by atoms with van der Waals surface area (Å²) in [5, 5.41) is 3.39. The minimum absolute atomic E-state index is 0.692. The molecule has 1 aliphatic carbocycles. The molecule has 0 spiro atoms. The third-order valence-electron chi connectivity index (χ3n) is 3.50. The van der Waals surface area contributed by atoms with Crippen LogP contribution < -0.4 is 5.32 Å². The van der Waals surface area contributed by atoms with Gasteiger partial charge in [-0.25, -0.2) is 4.98 Å². The molecule has 1 heterocycles. The summed E-state index contributed by atoms with van der Waals surface area (Å²) in [5.74, 6) is 1.46. The highest BCUT2D eigenvalue weighted by Gasteiger charge is 2.27. The van der Waals surface area contributed by atoms with Crippen LogP contribution in [0.5, 0.6) is 0 Å². The van der Waals surface area contributed by atoms with Crippen molar-refractivity contribution in [1.82, 2.24) is 15.3 Å². The molecule has 0 bridgehead atoms. The van der Waals surface area contributed by atoms with Gasteiger partial charge in [0.15, 0.2) is 0 Å². The molecule has 2 N–H and O–H groups in total. The van der Waals surface area contributed by atoms with E-state index in [1.165, 1.54) is 25.0 Å². The summed E-state index contributed by atoms with van der Waals surface area (Å²) >= 11 is 0. The SMILES string of the molecule is CNC1CCC(c2cnc[nH]2)CC1C. The summed E-state index contributed by atoms with van der Waals surface area (Å²) in [6.07, 6.45) is 7.58. The van der Waals surface area contributed by atoms with Gasteiger partial charge in [-0.1, -0.05) is 6.92 Å². The molecule has 0 amide bonds. The maximum Gasteiger partial charge on any atom is 0.0921 e. The van der Waals surface area contributed by atoms with Gasteiger partial charge in [0.05, 0.1) is 6.33 Å². The molecule has 1 fully saturated rings. The van der Waals surface area contributed by atoms with Gasteiger partial charge in [-0.3, -0.25) is 0 Å². The molecule has 1 aliphatic rings. The van der Waals surface area contributed by atoms with Crippen LogP contribution in [0.25, 0.3) is 0 Å². The summed E-state index contributed by atoms with van der Waals surface area (Å²) in [7, 11) is 2.07. The number of H-pyrrole nitrogens is 1. The topological polar surface area (TPSA) is 40.7 Å². The van der Waals surface area contributed by atoms with Gasteiger partial charge in [0.25, 0.3) is 0 Å². The molecule has 0 aliphatic heterocycles. The Labute approximate surface area is 85.3 Å². The number of hydrogen-bond acceptors (Lipinski definition) is 2. The summed E-state index contributed by atoms with van der Waals surface area (Å²) in [5.41, 5.74) is 1.31. The third kappa shape index (κ3) is 1.82. The van der Waals surface area contributed by atoms with Gasteiger partial charge >= 0.3 is 0 Å². The van der Waals surface area contributed by atoms with E-state index in [9.17, 15) is 0 Å². The minimum Gasteiger partial charge on any atom is -0.348 e. The van der Waals surface area contributed by atoms with Crippen molar-refractivity contribution in [3.05, 3.63) is 18.2 Å². The van der Waals surface area contributed by atoms with Gasteiger partial charge < -0.3 is 10.3 Å². The average molecular weight is 193 g/mol. The molecule has 2 rings (SSSR count). The zero-order chi connectivity index (χ0) is 9.97. The lowest BCUT2D eigenvalue weighted by atomic mass is 9.78. The molecular formula is C11H19N3. The Bertz CT molecular complexity index is 268. The zero-order valence-corrected chi connectivity index (χ0v) is 8.96. The Morgan fingerprint density at radius 1 is 1.50 bits per heavy atom. The first-order chi connectivity index (χ1) is 6.81. The van der Waals surface area contributed by atoms with Crippen molar-refractivity contribution in [1.29, 1.82) is 0 Å². The smallest absolute Gasteiger partial charge is 0.0921 e. The van der Waals surface area contributed by atoms with Crippen molar-refractivity contribution in [2.45, 2.75) is 38.1 Å². The van der Waals surface area contributed by atoms with E-state index in [0.717, 1.165) is 5.92 Å². The first-order valence-corrected chi connectivity index (χ1v) is 5.46. The van der Waals surface area contributed by atoms with Gasteiger partial charge in [-0.15, -0.1) is 0 Å². The minimum atomic E-state index is 0.692. The molecule has 14 heavy (non-hydrogen) atoms. The van der Waals surface area contributed by atoms with Crippen LogP contribution in [0.2, 0.25) is 0 Å². The molecule has 3 nitrogen and oxygen atoms in total. The summed E-state index contributed by atoms with van der Waals surface area (Å²) in [4.78, 5) is 7.32. The molecule has 1 aromatic heterocycles. The molecule has 1 aromatic rings. The molecular weight excluding hydrogens is 174 g/mol. The van der Waals surface area contributed by atoms with Crippen LogP contribution in [0.1, 0.15) is 37.8 Å². The standard InChI is InChI=1S/C11H19N3/c1-8-5-9(3-4-10(8)12-2)11-6-13-7-14-11/h6-10,12H,3-5H2,1-2H3,(H,13,14). The zero-order valence-electron chi connectivity index (χ0n) is 8.96. The van der Waals surface area contributed by atoms with Crippen molar-refractivity contribution in [2.24, 2.45) is 5.92 Å². The van der Waals surface area contributed by atoms with E-state index in [1.54, 1.807) is 6.33 Å². The summed E-state index contributed by atoms with van der Waals surface area (Å²) in [6.45, 7) is 2.34. The number of imidazole rings is 1. The first-order valence-electron chi connectivity index (χ1n) is 5.46. The molecule has 0 saturated heterocycles. The van der Waals surface area contributed by atoms with Crippen molar-refractivity contribution in [3.8, 4) is 0 Å². The van der Waals surface area contributed by atoms with Gasteiger partial charge in [-0.2, -0.15) is 0 Å². The van der Waals surface area contributed by atoms with Crippen LogP contribution in [0.15, 0.2) is 12.5 Å². The van der Waals surface area contributed by atoms with Crippen molar-refractivity contribution < 1.29 is 0 Å². The number of nitrogens with one attached hydrogen (secondary N) is 2. The van der Waals surface area contributed by atoms with Crippen LogP contribution in [0.3, 0.4) is 0 Å². The Morgan fingerprint density at radius 3 is 2.93 bits per heavy atom. The highest BCUT2D eigenvalue weighted by molar-refractivity contribution is 5.06. The molecule has 0 radical (unpaired) electrons. The molecule has 78 valence electrons. The number of hydrogen-bond donors (Lipinski definition) is 2. The van der Waals surface area contributed by atoms with Crippen LogP contribution in [-0.4, -0.2) is 23.1 Å². The normalized spacial score (nSPS) is 33.1. The Morgan fingerprint density at radius 2 is 2.36 bits per heavy atom. The molecule has 3 heteroatoms. The van der Waals surface area contributed by atoms with E-state index in [4.69, 9.17) is 0 Å². The van der Waals surface area contributed by atoms with Crippen LogP contribution in [0.4, 0.5) is 0 Å². The summed E-state index contributed by atoms with van der Waals surface area (Å²) in [6, 6.07) is 0.703. The van der Waals surface area contributed by atoms with Gasteiger partial charge in [-0.05, 0) is 32.2 Å². The first kappa shape index (κ1) is 9.71. The monoisotopic (exact) mass is 193 g/mol. The fourth-order valence-corrected chi connectivity index (χ4v) is 2.60. The van der Waals surface area contributed by atoms with E-state index in [0.29, 0.717) is 12.0 Å². The van der Waals surface area contributed by atoms with Crippen molar-refractivity contribution in [3.63, 3.8) is 0 Å². The van der Waals surface area contributed by atoms with Gasteiger partial charge in [0.2, 0.25) is 0 Å². The largest absolute Gasteiger partial charge is 0.348 e. The Kier molecular flexibility index (Phi) is 2.87. The average Bonchev–Trinajstić information content (AvgIpc) is 2.70. The van der Waals surface area contributed by atoms with Crippen LogP contribution in [0, 0.1) is 5.92 Å². The fourth-order valence-electron chi connectivity index (χ4n) is 2.60. The lowest BCUT2D eigenvalue weighted by Crippen LogP contribution is -2.36. The molecule has 3 unspecified atom stereocenters. The Hall–Kier alpha value is -0.830. The predicted octanol–water partition coefficient (Wildman–Crippen LogP) is 1.90. The maximum atomic E-state index is 4.09. The second-order valence-electron chi connectivity index (χ2n) is 4.39. The van der Waals surface area contributed by atoms with Crippen LogP contribution >= 0.6 is 0 Å². The fraction of sp³-hybridized carbons (Fsp3) is 0.727. The molecule has 0 aromatic carbocycles. The number of aromatic amines is 1. The predicted molar refractivity (Wildman–Crippen MR) is 57.2 cm³/mol. The third-order valence-corrected chi connectivity index (χ3v) is 3.50. The number of aromatic nitrogens is 2. The van der Waals surface area contributed by atoms with Gasteiger partial charge in [0.1, 0.15) is 0 Å². The van der Waals surface area contributed by atoms with Crippen molar-refractivity contribution in [2.75, 3.05) is 7.05 Å². The second kappa shape index (κ2) is 4.13. The summed E-state index contributed by atoms with van der Waals surface area (Å²) < 4.78 is 0. The highest BCUT2D eigenvalue weighted by atomic mass is 14.9.